The molecule has 0 aromatic heterocycles. The predicted octanol–water partition coefficient (Wildman–Crippen LogP) is 3.28. The average Bonchev–Trinajstić information content (AvgIpc) is 2.18. The van der Waals surface area contributed by atoms with E-state index < -0.39 is 0 Å². The number of hydrogen-bond donors (Lipinski definition) is 0. The second-order valence-corrected chi connectivity index (χ2v) is 3.61. The first-order chi connectivity index (χ1) is 6.74. The molecule has 0 amide bonds. The van der Waals surface area contributed by atoms with Crippen LogP contribution in [-0.4, -0.2) is 18.5 Å². The quantitative estimate of drug-likeness (QED) is 0.616. The zero-order valence-electron chi connectivity index (χ0n) is 9.33. The van der Waals surface area contributed by atoms with E-state index in [9.17, 15) is 0 Å². The fourth-order valence-corrected chi connectivity index (χ4v) is 1.36. The Hall–Kier alpha value is -1.24. The molecule has 1 heteroatoms. The van der Waals surface area contributed by atoms with E-state index >= 15 is 0 Å². The molecule has 0 bridgehead atoms. The standard InChI is InChI=1S/C13H19N/c1-4-5-6-8-12(2)13-9-7-10-14(3)11-13/h5-9,11H,4,10H2,1-3H3/b6-5-,12-8+. The maximum absolute atomic E-state index is 2.19. The molecule has 0 atom stereocenters. The molecule has 0 fully saturated rings. The van der Waals surface area contributed by atoms with Crippen LogP contribution in [0.1, 0.15) is 20.3 Å². The van der Waals surface area contributed by atoms with E-state index in [0.29, 0.717) is 0 Å². The van der Waals surface area contributed by atoms with Gasteiger partial charge in [-0.3, -0.25) is 0 Å². The summed E-state index contributed by atoms with van der Waals surface area (Å²) in [7, 11) is 2.10. The van der Waals surface area contributed by atoms with Crippen molar-refractivity contribution in [3.8, 4) is 0 Å². The lowest BCUT2D eigenvalue weighted by Crippen LogP contribution is -2.14. The van der Waals surface area contributed by atoms with E-state index in [0.717, 1.165) is 13.0 Å². The largest absolute Gasteiger partial charge is 0.376 e. The third kappa shape index (κ3) is 3.25. The van der Waals surface area contributed by atoms with E-state index in [2.05, 4.69) is 62.4 Å². The lowest BCUT2D eigenvalue weighted by Gasteiger charge is -2.17. The molecule has 1 nitrogen and oxygen atoms in total. The van der Waals surface area contributed by atoms with Crippen LogP contribution in [0.4, 0.5) is 0 Å². The minimum Gasteiger partial charge on any atom is -0.376 e. The average molecular weight is 189 g/mol. The van der Waals surface area contributed by atoms with Crippen LogP contribution >= 0.6 is 0 Å². The van der Waals surface area contributed by atoms with E-state index in [1.54, 1.807) is 0 Å². The summed E-state index contributed by atoms with van der Waals surface area (Å²) >= 11 is 0. The van der Waals surface area contributed by atoms with Crippen LogP contribution in [0.3, 0.4) is 0 Å². The van der Waals surface area contributed by atoms with E-state index in [1.165, 1.54) is 11.1 Å². The number of hydrogen-bond acceptors (Lipinski definition) is 1. The van der Waals surface area contributed by atoms with Gasteiger partial charge in [-0.15, -0.1) is 0 Å². The highest BCUT2D eigenvalue weighted by Crippen LogP contribution is 2.15. The zero-order chi connectivity index (χ0) is 10.4. The molecule has 1 aliphatic rings. The van der Waals surface area contributed by atoms with Gasteiger partial charge in [-0.25, -0.2) is 0 Å². The smallest absolute Gasteiger partial charge is 0.0354 e. The topological polar surface area (TPSA) is 3.24 Å². The predicted molar refractivity (Wildman–Crippen MR) is 63.0 cm³/mol. The van der Waals surface area contributed by atoms with Crippen molar-refractivity contribution in [1.29, 1.82) is 0 Å². The molecule has 14 heavy (non-hydrogen) atoms. The highest BCUT2D eigenvalue weighted by atomic mass is 15.1. The molecule has 76 valence electrons. The second-order valence-electron chi connectivity index (χ2n) is 3.61. The first-order valence-electron chi connectivity index (χ1n) is 5.16. The molecule has 1 heterocycles. The third-order valence-electron chi connectivity index (χ3n) is 2.22. The molecule has 0 unspecified atom stereocenters. The molecule has 0 aromatic carbocycles. The van der Waals surface area contributed by atoms with Gasteiger partial charge in [0.25, 0.3) is 0 Å². The number of nitrogens with zero attached hydrogens (tertiary/aromatic N) is 1. The van der Waals surface area contributed by atoms with Gasteiger partial charge in [0.15, 0.2) is 0 Å². The monoisotopic (exact) mass is 189 g/mol. The molecular weight excluding hydrogens is 170 g/mol. The summed E-state index contributed by atoms with van der Waals surface area (Å²) in [6.45, 7) is 5.31. The summed E-state index contributed by atoms with van der Waals surface area (Å²) in [5, 5.41) is 0. The van der Waals surface area contributed by atoms with E-state index in [1.807, 2.05) is 0 Å². The Morgan fingerprint density at radius 2 is 2.36 bits per heavy atom. The summed E-state index contributed by atoms with van der Waals surface area (Å²) in [6, 6.07) is 0. The molecule has 0 aromatic rings. The van der Waals surface area contributed by atoms with Crippen LogP contribution in [0.25, 0.3) is 0 Å². The molecule has 0 spiro atoms. The lowest BCUT2D eigenvalue weighted by molar-refractivity contribution is 0.501. The Morgan fingerprint density at radius 1 is 1.57 bits per heavy atom. The second kappa shape index (κ2) is 5.48. The third-order valence-corrected chi connectivity index (χ3v) is 2.22. The fraction of sp³-hybridized carbons (Fsp3) is 0.385. The summed E-state index contributed by atoms with van der Waals surface area (Å²) in [5.74, 6) is 0. The van der Waals surface area contributed by atoms with Gasteiger partial charge in [0, 0.05) is 19.8 Å². The maximum Gasteiger partial charge on any atom is 0.0354 e. The molecule has 0 aliphatic carbocycles. The zero-order valence-corrected chi connectivity index (χ0v) is 9.33. The van der Waals surface area contributed by atoms with Gasteiger partial charge in [0.05, 0.1) is 0 Å². The first kappa shape index (κ1) is 10.8. The highest BCUT2D eigenvalue weighted by molar-refractivity contribution is 5.41. The summed E-state index contributed by atoms with van der Waals surface area (Å²) in [6.07, 6.45) is 14.1. The van der Waals surface area contributed by atoms with Crippen LogP contribution in [0.15, 0.2) is 47.7 Å². The van der Waals surface area contributed by atoms with Crippen LogP contribution < -0.4 is 0 Å². The fourth-order valence-electron chi connectivity index (χ4n) is 1.36. The summed E-state index contributed by atoms with van der Waals surface area (Å²) in [5.41, 5.74) is 2.62. The Kier molecular flexibility index (Phi) is 4.24. The minimum atomic E-state index is 1.02. The van der Waals surface area contributed by atoms with Crippen molar-refractivity contribution < 1.29 is 0 Å². The molecule has 0 saturated heterocycles. The van der Waals surface area contributed by atoms with Gasteiger partial charge in [-0.2, -0.15) is 0 Å². The SMILES string of the molecule is CC/C=C\C=C(/C)C1=CN(C)CC=C1. The molecule has 1 rings (SSSR count). The van der Waals surface area contributed by atoms with Crippen molar-refractivity contribution in [3.05, 3.63) is 47.7 Å². The van der Waals surface area contributed by atoms with Gasteiger partial charge in [-0.05, 0) is 24.5 Å². The van der Waals surface area contributed by atoms with Gasteiger partial charge in [-0.1, -0.05) is 37.3 Å². The minimum absolute atomic E-state index is 1.02. The van der Waals surface area contributed by atoms with Crippen LogP contribution in [0.2, 0.25) is 0 Å². The van der Waals surface area contributed by atoms with Crippen molar-refractivity contribution >= 4 is 0 Å². The van der Waals surface area contributed by atoms with Gasteiger partial charge in [0.2, 0.25) is 0 Å². The molecule has 0 saturated carbocycles. The van der Waals surface area contributed by atoms with E-state index in [4.69, 9.17) is 0 Å². The van der Waals surface area contributed by atoms with Gasteiger partial charge >= 0.3 is 0 Å². The maximum atomic E-state index is 2.19. The van der Waals surface area contributed by atoms with Gasteiger partial charge in [0.1, 0.15) is 0 Å². The molecule has 0 N–H and O–H groups in total. The van der Waals surface area contributed by atoms with Gasteiger partial charge < -0.3 is 4.90 Å². The molecular formula is C13H19N. The number of rotatable bonds is 3. The van der Waals surface area contributed by atoms with Crippen molar-refractivity contribution in [2.24, 2.45) is 0 Å². The van der Waals surface area contributed by atoms with Crippen LogP contribution in [-0.2, 0) is 0 Å². The summed E-state index contributed by atoms with van der Waals surface area (Å²) < 4.78 is 0. The first-order valence-corrected chi connectivity index (χ1v) is 5.16. The Balaban J connectivity index is 2.68. The Morgan fingerprint density at radius 3 is 3.00 bits per heavy atom. The van der Waals surface area contributed by atoms with Crippen molar-refractivity contribution in [2.45, 2.75) is 20.3 Å². The molecule has 0 radical (unpaired) electrons. The van der Waals surface area contributed by atoms with Crippen molar-refractivity contribution in [2.75, 3.05) is 13.6 Å². The van der Waals surface area contributed by atoms with Crippen molar-refractivity contribution in [3.63, 3.8) is 0 Å². The van der Waals surface area contributed by atoms with Crippen LogP contribution in [0.5, 0.6) is 0 Å². The normalized spacial score (nSPS) is 17.8. The highest BCUT2D eigenvalue weighted by Gasteiger charge is 2.01. The Labute approximate surface area is 87.1 Å². The lowest BCUT2D eigenvalue weighted by atomic mass is 10.1. The van der Waals surface area contributed by atoms with Crippen molar-refractivity contribution in [1.82, 2.24) is 4.90 Å². The summed E-state index contributed by atoms with van der Waals surface area (Å²) in [4.78, 5) is 2.19. The Bertz CT molecular complexity index is 292. The number of allylic oxidation sites excluding steroid dienone is 6. The van der Waals surface area contributed by atoms with Crippen LogP contribution in [0, 0.1) is 0 Å². The molecule has 1 aliphatic heterocycles. The van der Waals surface area contributed by atoms with E-state index in [-0.39, 0.29) is 0 Å². The number of likely N-dealkylation sites (N-methyl/N-ethyl adjacent to an activating group) is 1.